The first-order valence-corrected chi connectivity index (χ1v) is 10.3. The van der Waals surface area contributed by atoms with Gasteiger partial charge in [0.2, 0.25) is 0 Å². The molecule has 1 N–H and O–H groups in total. The number of fused-ring (bicyclic) bond motifs is 1. The van der Waals surface area contributed by atoms with E-state index in [2.05, 4.69) is 37.9 Å². The SMILES string of the molecule is COc1cc2nc(CC(C)C)nc(NC3CCN(C(C)C)CC3)c2cc1OC. The summed E-state index contributed by atoms with van der Waals surface area (Å²) in [6, 6.07) is 4.97. The maximum Gasteiger partial charge on any atom is 0.162 e. The first-order valence-electron chi connectivity index (χ1n) is 10.3. The first-order chi connectivity index (χ1) is 13.4. The molecule has 0 unspecified atom stereocenters. The van der Waals surface area contributed by atoms with Crippen LogP contribution < -0.4 is 14.8 Å². The Morgan fingerprint density at radius 2 is 1.68 bits per heavy atom. The molecule has 0 saturated carbocycles. The fourth-order valence-corrected chi connectivity index (χ4v) is 3.82. The van der Waals surface area contributed by atoms with Crippen molar-refractivity contribution in [3.05, 3.63) is 18.0 Å². The van der Waals surface area contributed by atoms with Gasteiger partial charge in [-0.05, 0) is 38.7 Å². The highest BCUT2D eigenvalue weighted by atomic mass is 16.5. The smallest absolute Gasteiger partial charge is 0.162 e. The van der Waals surface area contributed by atoms with Crippen LogP contribution in [0.2, 0.25) is 0 Å². The van der Waals surface area contributed by atoms with Crippen LogP contribution >= 0.6 is 0 Å². The molecular formula is C22H34N4O2. The van der Waals surface area contributed by atoms with E-state index in [1.54, 1.807) is 14.2 Å². The summed E-state index contributed by atoms with van der Waals surface area (Å²) in [7, 11) is 3.31. The van der Waals surface area contributed by atoms with Crippen LogP contribution in [0.5, 0.6) is 11.5 Å². The van der Waals surface area contributed by atoms with Gasteiger partial charge in [0, 0.05) is 43.0 Å². The lowest BCUT2D eigenvalue weighted by atomic mass is 10.0. The molecule has 1 aliphatic heterocycles. The van der Waals surface area contributed by atoms with Crippen LogP contribution in [-0.4, -0.2) is 54.3 Å². The van der Waals surface area contributed by atoms with Crippen molar-refractivity contribution in [3.8, 4) is 11.5 Å². The van der Waals surface area contributed by atoms with Gasteiger partial charge in [-0.3, -0.25) is 0 Å². The molecule has 1 saturated heterocycles. The lowest BCUT2D eigenvalue weighted by Gasteiger charge is -2.35. The standard InChI is InChI=1S/C22H34N4O2/c1-14(2)11-21-24-18-13-20(28-6)19(27-5)12-17(18)22(25-21)23-16-7-9-26(10-8-16)15(3)4/h12-16H,7-11H2,1-6H3,(H,23,24,25). The molecule has 28 heavy (non-hydrogen) atoms. The van der Waals surface area contributed by atoms with E-state index < -0.39 is 0 Å². The lowest BCUT2D eigenvalue weighted by Crippen LogP contribution is -2.42. The number of ether oxygens (including phenoxy) is 2. The highest BCUT2D eigenvalue weighted by Crippen LogP contribution is 2.35. The van der Waals surface area contributed by atoms with Gasteiger partial charge in [0.05, 0.1) is 19.7 Å². The highest BCUT2D eigenvalue weighted by molar-refractivity contribution is 5.92. The molecule has 0 spiro atoms. The topological polar surface area (TPSA) is 59.5 Å². The predicted molar refractivity (Wildman–Crippen MR) is 115 cm³/mol. The molecule has 1 aliphatic rings. The molecule has 0 aliphatic carbocycles. The number of hydrogen-bond donors (Lipinski definition) is 1. The van der Waals surface area contributed by atoms with E-state index in [-0.39, 0.29) is 0 Å². The van der Waals surface area contributed by atoms with Gasteiger partial charge in [-0.2, -0.15) is 0 Å². The normalized spacial score (nSPS) is 16.1. The monoisotopic (exact) mass is 386 g/mol. The molecule has 2 aromatic rings. The average Bonchev–Trinajstić information content (AvgIpc) is 2.66. The second-order valence-corrected chi connectivity index (χ2v) is 8.36. The first kappa shape index (κ1) is 20.6. The van der Waals surface area contributed by atoms with Gasteiger partial charge < -0.3 is 19.7 Å². The molecule has 0 radical (unpaired) electrons. The van der Waals surface area contributed by atoms with E-state index in [0.29, 0.717) is 29.5 Å². The number of nitrogens with zero attached hydrogens (tertiary/aromatic N) is 3. The Kier molecular flexibility index (Phi) is 6.60. The van der Waals surface area contributed by atoms with Crippen molar-refractivity contribution in [2.75, 3.05) is 32.6 Å². The zero-order chi connectivity index (χ0) is 20.3. The van der Waals surface area contributed by atoms with Gasteiger partial charge in [0.15, 0.2) is 11.5 Å². The molecule has 3 rings (SSSR count). The van der Waals surface area contributed by atoms with Crippen LogP contribution in [0.3, 0.4) is 0 Å². The summed E-state index contributed by atoms with van der Waals surface area (Å²) >= 11 is 0. The third kappa shape index (κ3) is 4.66. The number of methoxy groups -OCH3 is 2. The van der Waals surface area contributed by atoms with E-state index in [4.69, 9.17) is 19.4 Å². The second kappa shape index (κ2) is 8.95. The molecule has 6 heteroatoms. The Morgan fingerprint density at radius 3 is 2.25 bits per heavy atom. The molecule has 0 atom stereocenters. The summed E-state index contributed by atoms with van der Waals surface area (Å²) in [5, 5.41) is 4.69. The number of anilines is 1. The highest BCUT2D eigenvalue weighted by Gasteiger charge is 2.22. The summed E-state index contributed by atoms with van der Waals surface area (Å²) in [6.07, 6.45) is 3.09. The van der Waals surface area contributed by atoms with Gasteiger partial charge in [0.25, 0.3) is 0 Å². The quantitative estimate of drug-likeness (QED) is 0.772. The van der Waals surface area contributed by atoms with E-state index >= 15 is 0 Å². The van der Waals surface area contributed by atoms with Crippen molar-refractivity contribution in [2.24, 2.45) is 5.92 Å². The lowest BCUT2D eigenvalue weighted by molar-refractivity contribution is 0.177. The molecule has 1 fully saturated rings. The van der Waals surface area contributed by atoms with E-state index in [1.165, 1.54) is 0 Å². The Hall–Kier alpha value is -2.08. The number of piperidine rings is 1. The molecule has 154 valence electrons. The molecular weight excluding hydrogens is 352 g/mol. The van der Waals surface area contributed by atoms with Crippen molar-refractivity contribution in [1.29, 1.82) is 0 Å². The number of aromatic nitrogens is 2. The molecule has 6 nitrogen and oxygen atoms in total. The minimum absolute atomic E-state index is 0.424. The Labute approximate surface area is 168 Å². The second-order valence-electron chi connectivity index (χ2n) is 8.36. The van der Waals surface area contributed by atoms with Gasteiger partial charge in [-0.25, -0.2) is 9.97 Å². The maximum atomic E-state index is 5.51. The summed E-state index contributed by atoms with van der Waals surface area (Å²) in [5.74, 6) is 3.68. The van der Waals surface area contributed by atoms with Gasteiger partial charge in [-0.15, -0.1) is 0 Å². The number of rotatable bonds is 7. The van der Waals surface area contributed by atoms with E-state index in [1.807, 2.05) is 12.1 Å². The van der Waals surface area contributed by atoms with Crippen molar-refractivity contribution in [3.63, 3.8) is 0 Å². The molecule has 0 bridgehead atoms. The van der Waals surface area contributed by atoms with Crippen LogP contribution in [-0.2, 0) is 6.42 Å². The Balaban J connectivity index is 1.94. The molecule has 0 amide bonds. The van der Waals surface area contributed by atoms with E-state index in [9.17, 15) is 0 Å². The summed E-state index contributed by atoms with van der Waals surface area (Å²) in [5.41, 5.74) is 0.894. The van der Waals surface area contributed by atoms with Crippen molar-refractivity contribution in [1.82, 2.24) is 14.9 Å². The zero-order valence-electron chi connectivity index (χ0n) is 18.1. The number of benzene rings is 1. The zero-order valence-corrected chi connectivity index (χ0v) is 18.1. The molecule has 1 aromatic heterocycles. The number of likely N-dealkylation sites (tertiary alicyclic amines) is 1. The fraction of sp³-hybridized carbons (Fsp3) is 0.636. The maximum absolute atomic E-state index is 5.51. The Bertz CT molecular complexity index is 799. The largest absolute Gasteiger partial charge is 0.493 e. The van der Waals surface area contributed by atoms with Crippen LogP contribution in [0.15, 0.2) is 12.1 Å². The minimum atomic E-state index is 0.424. The van der Waals surface area contributed by atoms with Crippen molar-refractivity contribution in [2.45, 2.75) is 59.0 Å². The third-order valence-corrected chi connectivity index (χ3v) is 5.44. The number of nitrogens with one attached hydrogen (secondary N) is 1. The van der Waals surface area contributed by atoms with E-state index in [0.717, 1.165) is 54.9 Å². The van der Waals surface area contributed by atoms with Crippen LogP contribution in [0, 0.1) is 5.92 Å². The number of hydrogen-bond acceptors (Lipinski definition) is 6. The summed E-state index contributed by atoms with van der Waals surface area (Å²) in [6.45, 7) is 11.2. The van der Waals surface area contributed by atoms with Crippen molar-refractivity contribution >= 4 is 16.7 Å². The van der Waals surface area contributed by atoms with Gasteiger partial charge >= 0.3 is 0 Å². The predicted octanol–water partition coefficient (Wildman–Crippen LogP) is 4.13. The third-order valence-electron chi connectivity index (χ3n) is 5.44. The molecule has 1 aromatic carbocycles. The fourth-order valence-electron chi connectivity index (χ4n) is 3.82. The van der Waals surface area contributed by atoms with Crippen molar-refractivity contribution < 1.29 is 9.47 Å². The van der Waals surface area contributed by atoms with Gasteiger partial charge in [-0.1, -0.05) is 13.8 Å². The van der Waals surface area contributed by atoms with Gasteiger partial charge in [0.1, 0.15) is 11.6 Å². The van der Waals surface area contributed by atoms with Crippen LogP contribution in [0.4, 0.5) is 5.82 Å². The summed E-state index contributed by atoms with van der Waals surface area (Å²) < 4.78 is 11.0. The van der Waals surface area contributed by atoms with Crippen LogP contribution in [0.25, 0.3) is 10.9 Å². The minimum Gasteiger partial charge on any atom is -0.493 e. The van der Waals surface area contributed by atoms with Crippen LogP contribution in [0.1, 0.15) is 46.4 Å². The average molecular weight is 387 g/mol. The molecule has 2 heterocycles. The Morgan fingerprint density at radius 1 is 1.04 bits per heavy atom. The summed E-state index contributed by atoms with van der Waals surface area (Å²) in [4.78, 5) is 12.2.